The van der Waals surface area contributed by atoms with Gasteiger partial charge in [0, 0.05) is 21.2 Å². The van der Waals surface area contributed by atoms with E-state index < -0.39 is 0 Å². The molecule has 0 amide bonds. The molecule has 0 aliphatic rings. The standard InChI is InChI=1S/C15H14Cl2N2OS/c16-11-3-6-13(17)14(9-11)21-8-7-20-12-4-1-10(2-5-12)15(18)19/h1-6,9H,7-8H2,(H3,18,19). The molecule has 0 saturated carbocycles. The smallest absolute Gasteiger partial charge is 0.122 e. The summed E-state index contributed by atoms with van der Waals surface area (Å²) in [6.07, 6.45) is 0. The van der Waals surface area contributed by atoms with E-state index in [0.717, 1.165) is 16.4 Å². The van der Waals surface area contributed by atoms with Gasteiger partial charge in [-0.1, -0.05) is 23.2 Å². The molecule has 0 aliphatic carbocycles. The van der Waals surface area contributed by atoms with Crippen LogP contribution in [0.2, 0.25) is 10.0 Å². The highest BCUT2D eigenvalue weighted by Gasteiger charge is 2.03. The zero-order valence-electron chi connectivity index (χ0n) is 11.1. The van der Waals surface area contributed by atoms with Gasteiger partial charge in [-0.25, -0.2) is 0 Å². The number of amidine groups is 1. The molecule has 0 aromatic heterocycles. The number of halogens is 2. The van der Waals surface area contributed by atoms with Crippen LogP contribution >= 0.6 is 35.0 Å². The molecular weight excluding hydrogens is 327 g/mol. The van der Waals surface area contributed by atoms with Crippen LogP contribution in [0.5, 0.6) is 5.75 Å². The summed E-state index contributed by atoms with van der Waals surface area (Å²) < 4.78 is 5.62. The Morgan fingerprint density at radius 3 is 2.52 bits per heavy atom. The summed E-state index contributed by atoms with van der Waals surface area (Å²) in [7, 11) is 0. The van der Waals surface area contributed by atoms with E-state index in [4.69, 9.17) is 39.1 Å². The van der Waals surface area contributed by atoms with Gasteiger partial charge >= 0.3 is 0 Å². The first kappa shape index (κ1) is 16.0. The molecule has 0 heterocycles. The van der Waals surface area contributed by atoms with E-state index in [1.165, 1.54) is 0 Å². The van der Waals surface area contributed by atoms with Crippen molar-refractivity contribution in [3.63, 3.8) is 0 Å². The first-order chi connectivity index (χ1) is 10.1. The van der Waals surface area contributed by atoms with Crippen LogP contribution in [0, 0.1) is 5.41 Å². The molecule has 110 valence electrons. The molecule has 3 nitrogen and oxygen atoms in total. The number of thioether (sulfide) groups is 1. The topological polar surface area (TPSA) is 59.1 Å². The van der Waals surface area contributed by atoms with Gasteiger partial charge in [0.25, 0.3) is 0 Å². The third-order valence-electron chi connectivity index (χ3n) is 2.67. The molecule has 0 radical (unpaired) electrons. The predicted octanol–water partition coefficient (Wildman–Crippen LogP) is 4.45. The Labute approximate surface area is 137 Å². The Hall–Kier alpha value is -1.36. The molecular formula is C15H14Cl2N2OS. The predicted molar refractivity (Wildman–Crippen MR) is 90.1 cm³/mol. The summed E-state index contributed by atoms with van der Waals surface area (Å²) >= 11 is 13.6. The second-order valence-electron chi connectivity index (χ2n) is 4.21. The SMILES string of the molecule is N=C(N)c1ccc(OCCSc2cc(Cl)ccc2Cl)cc1. The van der Waals surface area contributed by atoms with Gasteiger partial charge in [0.05, 0.1) is 11.6 Å². The first-order valence-electron chi connectivity index (χ1n) is 6.21. The van der Waals surface area contributed by atoms with Crippen LogP contribution in [0.1, 0.15) is 5.56 Å². The molecule has 0 aliphatic heterocycles. The lowest BCUT2D eigenvalue weighted by atomic mass is 10.2. The molecule has 3 N–H and O–H groups in total. The lowest BCUT2D eigenvalue weighted by Gasteiger charge is -2.08. The van der Waals surface area contributed by atoms with E-state index in [9.17, 15) is 0 Å². The van der Waals surface area contributed by atoms with Crippen LogP contribution in [0.4, 0.5) is 0 Å². The molecule has 2 aromatic carbocycles. The second kappa shape index (κ2) is 7.59. The van der Waals surface area contributed by atoms with Crippen molar-refractivity contribution in [3.05, 3.63) is 58.1 Å². The zero-order valence-corrected chi connectivity index (χ0v) is 13.4. The number of nitrogens with two attached hydrogens (primary N) is 1. The van der Waals surface area contributed by atoms with Crippen LogP contribution in [0.25, 0.3) is 0 Å². The molecule has 0 saturated heterocycles. The van der Waals surface area contributed by atoms with Crippen LogP contribution in [0.15, 0.2) is 47.4 Å². The summed E-state index contributed by atoms with van der Waals surface area (Å²) in [6.45, 7) is 0.549. The Bertz CT molecular complexity index is 632. The Balaban J connectivity index is 1.81. The number of hydrogen-bond donors (Lipinski definition) is 2. The molecule has 6 heteroatoms. The van der Waals surface area contributed by atoms with Gasteiger partial charge in [0.15, 0.2) is 0 Å². The van der Waals surface area contributed by atoms with E-state index in [2.05, 4.69) is 0 Å². The van der Waals surface area contributed by atoms with Crippen molar-refractivity contribution in [1.29, 1.82) is 5.41 Å². The van der Waals surface area contributed by atoms with E-state index in [1.54, 1.807) is 48.2 Å². The molecule has 2 aromatic rings. The Morgan fingerprint density at radius 2 is 1.86 bits per heavy atom. The zero-order chi connectivity index (χ0) is 15.2. The fourth-order valence-corrected chi connectivity index (χ4v) is 2.95. The molecule has 0 atom stereocenters. The van der Waals surface area contributed by atoms with Crippen molar-refractivity contribution < 1.29 is 4.74 Å². The van der Waals surface area contributed by atoms with E-state index in [0.29, 0.717) is 22.2 Å². The summed E-state index contributed by atoms with van der Waals surface area (Å²) in [5.41, 5.74) is 6.07. The molecule has 2 rings (SSSR count). The van der Waals surface area contributed by atoms with Gasteiger partial charge in [-0.05, 0) is 42.5 Å². The average molecular weight is 341 g/mol. The largest absolute Gasteiger partial charge is 0.493 e. The fraction of sp³-hybridized carbons (Fsp3) is 0.133. The highest BCUT2D eigenvalue weighted by atomic mass is 35.5. The van der Waals surface area contributed by atoms with Crippen molar-refractivity contribution in [1.82, 2.24) is 0 Å². The van der Waals surface area contributed by atoms with Crippen LogP contribution in [-0.2, 0) is 0 Å². The molecule has 0 unspecified atom stereocenters. The summed E-state index contributed by atoms with van der Waals surface area (Å²) in [6, 6.07) is 12.5. The first-order valence-corrected chi connectivity index (χ1v) is 7.95. The van der Waals surface area contributed by atoms with Gasteiger partial charge in [0.2, 0.25) is 0 Å². The maximum absolute atomic E-state index is 7.32. The van der Waals surface area contributed by atoms with Crippen molar-refractivity contribution in [2.45, 2.75) is 4.90 Å². The van der Waals surface area contributed by atoms with Gasteiger partial charge in [-0.2, -0.15) is 0 Å². The lowest BCUT2D eigenvalue weighted by molar-refractivity contribution is 0.344. The van der Waals surface area contributed by atoms with Gasteiger partial charge in [-0.3, -0.25) is 5.41 Å². The number of hydrogen-bond acceptors (Lipinski definition) is 3. The fourth-order valence-electron chi connectivity index (χ4n) is 1.63. The second-order valence-corrected chi connectivity index (χ2v) is 6.19. The lowest BCUT2D eigenvalue weighted by Crippen LogP contribution is -2.10. The number of nitrogen functional groups attached to an aromatic ring is 1. The Kier molecular flexibility index (Phi) is 5.79. The normalized spacial score (nSPS) is 10.4. The van der Waals surface area contributed by atoms with Gasteiger partial charge < -0.3 is 10.5 Å². The van der Waals surface area contributed by atoms with E-state index in [1.807, 2.05) is 6.07 Å². The quantitative estimate of drug-likeness (QED) is 0.353. The van der Waals surface area contributed by atoms with E-state index in [-0.39, 0.29) is 5.84 Å². The minimum absolute atomic E-state index is 0.0488. The third kappa shape index (κ3) is 4.84. The van der Waals surface area contributed by atoms with Gasteiger partial charge in [0.1, 0.15) is 11.6 Å². The van der Waals surface area contributed by atoms with Crippen molar-refractivity contribution >= 4 is 40.8 Å². The Morgan fingerprint density at radius 1 is 1.14 bits per heavy atom. The minimum atomic E-state index is 0.0488. The van der Waals surface area contributed by atoms with Crippen LogP contribution in [-0.4, -0.2) is 18.2 Å². The number of ether oxygens (including phenoxy) is 1. The monoisotopic (exact) mass is 340 g/mol. The highest BCUT2D eigenvalue weighted by Crippen LogP contribution is 2.29. The summed E-state index contributed by atoms with van der Waals surface area (Å²) in [4.78, 5) is 0.944. The molecule has 0 bridgehead atoms. The number of benzene rings is 2. The van der Waals surface area contributed by atoms with E-state index >= 15 is 0 Å². The molecule has 0 spiro atoms. The molecule has 0 fully saturated rings. The average Bonchev–Trinajstić information content (AvgIpc) is 2.47. The minimum Gasteiger partial charge on any atom is -0.493 e. The van der Waals surface area contributed by atoms with Crippen molar-refractivity contribution in [2.24, 2.45) is 5.73 Å². The maximum atomic E-state index is 7.32. The molecule has 21 heavy (non-hydrogen) atoms. The number of nitrogens with one attached hydrogen (secondary N) is 1. The number of rotatable bonds is 6. The van der Waals surface area contributed by atoms with Crippen molar-refractivity contribution in [3.8, 4) is 5.75 Å². The third-order valence-corrected chi connectivity index (χ3v) is 4.36. The summed E-state index contributed by atoms with van der Waals surface area (Å²) in [5.74, 6) is 1.56. The summed E-state index contributed by atoms with van der Waals surface area (Å²) in [5, 5.41) is 8.68. The van der Waals surface area contributed by atoms with Gasteiger partial charge in [-0.15, -0.1) is 11.8 Å². The highest BCUT2D eigenvalue weighted by molar-refractivity contribution is 7.99. The maximum Gasteiger partial charge on any atom is 0.122 e. The van der Waals surface area contributed by atoms with Crippen LogP contribution < -0.4 is 10.5 Å². The van der Waals surface area contributed by atoms with Crippen LogP contribution in [0.3, 0.4) is 0 Å². The van der Waals surface area contributed by atoms with Crippen molar-refractivity contribution in [2.75, 3.05) is 12.4 Å².